The van der Waals surface area contributed by atoms with Crippen molar-refractivity contribution in [1.82, 2.24) is 15.1 Å². The van der Waals surface area contributed by atoms with E-state index in [0.29, 0.717) is 19.5 Å². The van der Waals surface area contributed by atoms with E-state index in [-0.39, 0.29) is 5.92 Å². The molecule has 1 amide bonds. The second-order valence-corrected chi connectivity index (χ2v) is 4.11. The van der Waals surface area contributed by atoms with Crippen LogP contribution in [0.3, 0.4) is 0 Å². The first-order chi connectivity index (χ1) is 8.46. The number of aromatic nitrogens is 2. The molecule has 0 spiro atoms. The maximum absolute atomic E-state index is 11.9. The van der Waals surface area contributed by atoms with Gasteiger partial charge in [0.2, 0.25) is 0 Å². The number of carbonyl (C=O) groups is 1. The molecule has 5 nitrogen and oxygen atoms in total. The van der Waals surface area contributed by atoms with Crippen molar-refractivity contribution in [2.24, 2.45) is 0 Å². The summed E-state index contributed by atoms with van der Waals surface area (Å²) in [5.74, 6) is 0.0749. The van der Waals surface area contributed by atoms with E-state index in [1.54, 1.807) is 12.3 Å². The van der Waals surface area contributed by atoms with Crippen LogP contribution in [0.1, 0.15) is 18.0 Å². The first kappa shape index (κ1) is 12.7. The molecule has 1 saturated heterocycles. The molecule has 1 aromatic heterocycles. The van der Waals surface area contributed by atoms with E-state index >= 15 is 0 Å². The van der Waals surface area contributed by atoms with E-state index in [9.17, 15) is 18.0 Å². The van der Waals surface area contributed by atoms with Crippen LogP contribution in [0.15, 0.2) is 12.3 Å². The molecule has 0 saturated carbocycles. The number of nitrogens with zero attached hydrogens (tertiary/aromatic N) is 2. The van der Waals surface area contributed by atoms with E-state index in [2.05, 4.69) is 14.9 Å². The maximum atomic E-state index is 11.9. The minimum atomic E-state index is -4.49. The summed E-state index contributed by atoms with van der Waals surface area (Å²) in [6.07, 6.45) is -3.13. The quantitative estimate of drug-likeness (QED) is 0.886. The van der Waals surface area contributed by atoms with Gasteiger partial charge in [0.1, 0.15) is 0 Å². The molecule has 1 atom stereocenters. The Kier molecular flexibility index (Phi) is 3.44. The second-order valence-electron chi connectivity index (χ2n) is 4.11. The van der Waals surface area contributed by atoms with Crippen LogP contribution in [0.25, 0.3) is 0 Å². The summed E-state index contributed by atoms with van der Waals surface area (Å²) < 4.78 is 39.9. The van der Waals surface area contributed by atoms with E-state index in [4.69, 9.17) is 0 Å². The molecule has 0 radical (unpaired) electrons. The van der Waals surface area contributed by atoms with Crippen molar-refractivity contribution in [2.45, 2.75) is 18.5 Å². The number of amides is 1. The standard InChI is InChI=1S/C10H12F3N3O2/c11-10(12,13)6-18-9(17)16-4-2-7(5-16)8-1-3-14-15-8/h1,3,7H,2,4-6H2,(H,14,15). The molecule has 1 aromatic rings. The molecule has 2 heterocycles. The van der Waals surface area contributed by atoms with Crippen LogP contribution in [-0.2, 0) is 4.74 Å². The molecule has 1 unspecified atom stereocenters. The van der Waals surface area contributed by atoms with Crippen LogP contribution in [0.2, 0.25) is 0 Å². The molecule has 0 aromatic carbocycles. The summed E-state index contributed by atoms with van der Waals surface area (Å²) in [5, 5.41) is 6.58. The lowest BCUT2D eigenvalue weighted by Crippen LogP contribution is -2.32. The van der Waals surface area contributed by atoms with Gasteiger partial charge in [0.05, 0.1) is 0 Å². The Balaban J connectivity index is 1.83. The van der Waals surface area contributed by atoms with Crippen molar-refractivity contribution in [3.8, 4) is 0 Å². The minimum Gasteiger partial charge on any atom is -0.440 e. The fraction of sp³-hybridized carbons (Fsp3) is 0.600. The molecule has 8 heteroatoms. The molecule has 2 rings (SSSR count). The smallest absolute Gasteiger partial charge is 0.422 e. The van der Waals surface area contributed by atoms with Crippen LogP contribution in [0, 0.1) is 0 Å². The minimum absolute atomic E-state index is 0.0749. The summed E-state index contributed by atoms with van der Waals surface area (Å²) in [6.45, 7) is -0.809. The molecule has 18 heavy (non-hydrogen) atoms. The largest absolute Gasteiger partial charge is 0.440 e. The summed E-state index contributed by atoms with van der Waals surface area (Å²) >= 11 is 0. The first-order valence-electron chi connectivity index (χ1n) is 5.43. The van der Waals surface area contributed by atoms with Crippen LogP contribution >= 0.6 is 0 Å². The highest BCUT2D eigenvalue weighted by Gasteiger charge is 2.33. The monoisotopic (exact) mass is 263 g/mol. The zero-order valence-electron chi connectivity index (χ0n) is 9.41. The average Bonchev–Trinajstić information content (AvgIpc) is 2.94. The normalized spacial score (nSPS) is 20.2. The Morgan fingerprint density at radius 3 is 3.00 bits per heavy atom. The summed E-state index contributed by atoms with van der Waals surface area (Å²) in [4.78, 5) is 12.7. The van der Waals surface area contributed by atoms with Gasteiger partial charge in [0, 0.05) is 30.9 Å². The highest BCUT2D eigenvalue weighted by atomic mass is 19.4. The molecule has 1 aliphatic rings. The van der Waals surface area contributed by atoms with E-state index in [1.807, 2.05) is 0 Å². The van der Waals surface area contributed by atoms with E-state index in [1.165, 1.54) is 4.90 Å². The van der Waals surface area contributed by atoms with Gasteiger partial charge in [-0.2, -0.15) is 18.3 Å². The van der Waals surface area contributed by atoms with Crippen LogP contribution in [0.4, 0.5) is 18.0 Å². The summed E-state index contributed by atoms with van der Waals surface area (Å²) in [7, 11) is 0. The lowest BCUT2D eigenvalue weighted by molar-refractivity contribution is -0.162. The predicted octanol–water partition coefficient (Wildman–Crippen LogP) is 1.90. The van der Waals surface area contributed by atoms with Gasteiger partial charge in [-0.1, -0.05) is 0 Å². The fourth-order valence-electron chi connectivity index (χ4n) is 1.91. The number of aromatic amines is 1. The lowest BCUT2D eigenvalue weighted by atomic mass is 10.1. The molecule has 100 valence electrons. The number of hydrogen-bond donors (Lipinski definition) is 1. The van der Waals surface area contributed by atoms with Crippen molar-refractivity contribution in [3.05, 3.63) is 18.0 Å². The van der Waals surface area contributed by atoms with Crippen molar-refractivity contribution in [1.29, 1.82) is 0 Å². The number of H-pyrrole nitrogens is 1. The molecule has 1 aliphatic heterocycles. The molecule has 0 aliphatic carbocycles. The van der Waals surface area contributed by atoms with Gasteiger partial charge in [-0.3, -0.25) is 5.10 Å². The van der Waals surface area contributed by atoms with Gasteiger partial charge < -0.3 is 9.64 Å². The number of rotatable bonds is 2. The van der Waals surface area contributed by atoms with E-state index < -0.39 is 18.9 Å². The average molecular weight is 263 g/mol. The molecule has 1 fully saturated rings. The van der Waals surface area contributed by atoms with Gasteiger partial charge in [-0.25, -0.2) is 4.79 Å². The number of likely N-dealkylation sites (tertiary alicyclic amines) is 1. The topological polar surface area (TPSA) is 58.2 Å². The Morgan fingerprint density at radius 1 is 1.61 bits per heavy atom. The van der Waals surface area contributed by atoms with Gasteiger partial charge >= 0.3 is 12.3 Å². The third-order valence-electron chi connectivity index (χ3n) is 2.77. The van der Waals surface area contributed by atoms with Crippen LogP contribution < -0.4 is 0 Å². The lowest BCUT2D eigenvalue weighted by Gasteiger charge is -2.16. The number of halogens is 3. The SMILES string of the molecule is O=C(OCC(F)(F)F)N1CCC(c2ccn[nH]2)C1. The maximum Gasteiger partial charge on any atom is 0.422 e. The highest BCUT2D eigenvalue weighted by molar-refractivity contribution is 5.68. The number of hydrogen-bond acceptors (Lipinski definition) is 3. The number of nitrogens with one attached hydrogen (secondary N) is 1. The van der Waals surface area contributed by atoms with Gasteiger partial charge in [-0.15, -0.1) is 0 Å². The summed E-state index contributed by atoms with van der Waals surface area (Å²) in [5.41, 5.74) is 0.876. The Morgan fingerprint density at radius 2 is 2.39 bits per heavy atom. The van der Waals surface area contributed by atoms with E-state index in [0.717, 1.165) is 5.69 Å². The second kappa shape index (κ2) is 4.87. The third kappa shape index (κ3) is 3.14. The van der Waals surface area contributed by atoms with Crippen molar-refractivity contribution < 1.29 is 22.7 Å². The van der Waals surface area contributed by atoms with Gasteiger partial charge in [-0.05, 0) is 12.5 Å². The fourth-order valence-corrected chi connectivity index (χ4v) is 1.91. The Bertz CT molecular complexity index is 405. The van der Waals surface area contributed by atoms with Crippen molar-refractivity contribution >= 4 is 6.09 Å². The Hall–Kier alpha value is -1.73. The van der Waals surface area contributed by atoms with Crippen molar-refractivity contribution in [2.75, 3.05) is 19.7 Å². The molecule has 1 N–H and O–H groups in total. The Labute approximate surface area is 101 Å². The number of ether oxygens (including phenoxy) is 1. The number of alkyl halides is 3. The zero-order chi connectivity index (χ0) is 13.2. The van der Waals surface area contributed by atoms with Gasteiger partial charge in [0.25, 0.3) is 0 Å². The zero-order valence-corrected chi connectivity index (χ0v) is 9.41. The highest BCUT2D eigenvalue weighted by Crippen LogP contribution is 2.26. The van der Waals surface area contributed by atoms with Crippen molar-refractivity contribution in [3.63, 3.8) is 0 Å². The summed E-state index contributed by atoms with van der Waals surface area (Å²) in [6, 6.07) is 1.79. The number of carbonyl (C=O) groups excluding carboxylic acids is 1. The molecular weight excluding hydrogens is 251 g/mol. The van der Waals surface area contributed by atoms with Crippen LogP contribution in [-0.4, -0.2) is 47.1 Å². The third-order valence-corrected chi connectivity index (χ3v) is 2.77. The predicted molar refractivity (Wildman–Crippen MR) is 54.9 cm³/mol. The van der Waals surface area contributed by atoms with Crippen LogP contribution in [0.5, 0.6) is 0 Å². The first-order valence-corrected chi connectivity index (χ1v) is 5.43. The van der Waals surface area contributed by atoms with Gasteiger partial charge in [0.15, 0.2) is 6.61 Å². The molecule has 0 bridgehead atoms. The molecular formula is C10H12F3N3O2.